The van der Waals surface area contributed by atoms with E-state index in [1.54, 1.807) is 18.2 Å². The van der Waals surface area contributed by atoms with Crippen LogP contribution >= 0.6 is 0 Å². The van der Waals surface area contributed by atoms with Crippen LogP contribution in [0.4, 0.5) is 0 Å². The molecule has 4 nitrogen and oxygen atoms in total. The summed E-state index contributed by atoms with van der Waals surface area (Å²) >= 11 is 0. The SMILES string of the molecule is C=Cc1ccc(C(=O)NCC[Si](OCC)(OCC)c2ccccc2)cc1. The summed E-state index contributed by atoms with van der Waals surface area (Å²) in [6.45, 7) is 9.34. The first-order chi connectivity index (χ1) is 12.6. The third-order valence-corrected chi connectivity index (χ3v) is 7.75. The Kier molecular flexibility index (Phi) is 7.78. The van der Waals surface area contributed by atoms with Gasteiger partial charge in [-0.25, -0.2) is 0 Å². The maximum Gasteiger partial charge on any atom is 0.374 e. The number of carbonyl (C=O) groups excluding carboxylic acids is 1. The highest BCUT2D eigenvalue weighted by Gasteiger charge is 2.39. The lowest BCUT2D eigenvalue weighted by Crippen LogP contribution is -2.55. The third-order valence-electron chi connectivity index (χ3n) is 4.12. The van der Waals surface area contributed by atoms with Gasteiger partial charge >= 0.3 is 8.56 Å². The van der Waals surface area contributed by atoms with Crippen molar-refractivity contribution in [1.82, 2.24) is 5.32 Å². The van der Waals surface area contributed by atoms with Gasteiger partial charge in [-0.3, -0.25) is 4.79 Å². The third kappa shape index (κ3) is 5.14. The number of amides is 1. The summed E-state index contributed by atoms with van der Waals surface area (Å²) in [6, 6.07) is 18.1. The zero-order valence-electron chi connectivity index (χ0n) is 15.5. The van der Waals surface area contributed by atoms with Gasteiger partial charge in [0, 0.05) is 31.4 Å². The molecule has 0 bridgehead atoms. The monoisotopic (exact) mass is 369 g/mol. The highest BCUT2D eigenvalue weighted by atomic mass is 28.4. The van der Waals surface area contributed by atoms with E-state index >= 15 is 0 Å². The van der Waals surface area contributed by atoms with Crippen molar-refractivity contribution in [3.8, 4) is 0 Å². The van der Waals surface area contributed by atoms with Gasteiger partial charge in [-0.1, -0.05) is 55.1 Å². The molecule has 2 rings (SSSR count). The second-order valence-corrected chi connectivity index (χ2v) is 8.98. The maximum atomic E-state index is 12.4. The molecule has 0 aliphatic carbocycles. The van der Waals surface area contributed by atoms with E-state index in [1.807, 2.05) is 56.3 Å². The fraction of sp³-hybridized carbons (Fsp3) is 0.286. The Bertz CT molecular complexity index is 695. The molecule has 0 aliphatic rings. The molecule has 0 atom stereocenters. The summed E-state index contributed by atoms with van der Waals surface area (Å²) in [4.78, 5) is 12.4. The Hall–Kier alpha value is -2.21. The molecule has 1 N–H and O–H groups in total. The van der Waals surface area contributed by atoms with Crippen molar-refractivity contribution in [2.75, 3.05) is 19.8 Å². The van der Waals surface area contributed by atoms with E-state index < -0.39 is 8.56 Å². The minimum atomic E-state index is -2.58. The predicted molar refractivity (Wildman–Crippen MR) is 109 cm³/mol. The molecular formula is C21H27NO3Si. The molecule has 5 heteroatoms. The minimum absolute atomic E-state index is 0.0930. The molecule has 2 aromatic carbocycles. The van der Waals surface area contributed by atoms with Gasteiger partial charge in [0.15, 0.2) is 0 Å². The van der Waals surface area contributed by atoms with E-state index in [9.17, 15) is 4.79 Å². The second kappa shape index (κ2) is 10.1. The van der Waals surface area contributed by atoms with E-state index in [0.29, 0.717) is 31.4 Å². The Morgan fingerprint density at radius 1 is 1.04 bits per heavy atom. The van der Waals surface area contributed by atoms with Gasteiger partial charge in [0.2, 0.25) is 0 Å². The van der Waals surface area contributed by atoms with Crippen LogP contribution in [0, 0.1) is 0 Å². The summed E-state index contributed by atoms with van der Waals surface area (Å²) in [6.07, 6.45) is 1.76. The fourth-order valence-corrected chi connectivity index (χ4v) is 5.95. The molecule has 0 aliphatic heterocycles. The average Bonchev–Trinajstić information content (AvgIpc) is 2.69. The van der Waals surface area contributed by atoms with E-state index in [-0.39, 0.29) is 5.91 Å². The van der Waals surface area contributed by atoms with Gasteiger partial charge in [-0.2, -0.15) is 0 Å². The van der Waals surface area contributed by atoms with Crippen molar-refractivity contribution in [3.63, 3.8) is 0 Å². The molecule has 26 heavy (non-hydrogen) atoms. The molecule has 0 fully saturated rings. The van der Waals surface area contributed by atoms with Gasteiger partial charge in [0.1, 0.15) is 0 Å². The average molecular weight is 370 g/mol. The van der Waals surface area contributed by atoms with E-state index in [0.717, 1.165) is 10.8 Å². The Balaban J connectivity index is 2.06. The molecule has 0 aromatic heterocycles. The van der Waals surface area contributed by atoms with Crippen LogP contribution in [0.5, 0.6) is 0 Å². The van der Waals surface area contributed by atoms with Gasteiger partial charge in [0.05, 0.1) is 0 Å². The van der Waals surface area contributed by atoms with Gasteiger partial charge in [-0.15, -0.1) is 0 Å². The highest BCUT2D eigenvalue weighted by Crippen LogP contribution is 2.14. The van der Waals surface area contributed by atoms with Crippen LogP contribution in [0.25, 0.3) is 6.08 Å². The summed E-state index contributed by atoms with van der Waals surface area (Å²) < 4.78 is 12.3. The number of nitrogens with one attached hydrogen (secondary N) is 1. The maximum absolute atomic E-state index is 12.4. The topological polar surface area (TPSA) is 47.6 Å². The summed E-state index contributed by atoms with van der Waals surface area (Å²) in [5.74, 6) is -0.0930. The smallest absolute Gasteiger partial charge is 0.374 e. The number of rotatable bonds is 10. The van der Waals surface area contributed by atoms with E-state index in [2.05, 4.69) is 11.9 Å². The quantitative estimate of drug-likeness (QED) is 0.652. The first-order valence-electron chi connectivity index (χ1n) is 8.99. The van der Waals surface area contributed by atoms with Crippen LogP contribution in [-0.2, 0) is 8.85 Å². The van der Waals surface area contributed by atoms with Crippen molar-refractivity contribution in [2.24, 2.45) is 0 Å². The number of hydrogen-bond acceptors (Lipinski definition) is 3. The summed E-state index contributed by atoms with van der Waals surface area (Å²) in [5.41, 5.74) is 1.63. The summed E-state index contributed by atoms with van der Waals surface area (Å²) in [7, 11) is -2.58. The first-order valence-corrected chi connectivity index (χ1v) is 11.0. The normalized spacial score (nSPS) is 11.2. The van der Waals surface area contributed by atoms with Crippen LogP contribution in [0.2, 0.25) is 6.04 Å². The lowest BCUT2D eigenvalue weighted by Gasteiger charge is -2.30. The largest absolute Gasteiger partial charge is 0.391 e. The van der Waals surface area contributed by atoms with Gasteiger partial charge < -0.3 is 14.2 Å². The standard InChI is InChI=1S/C21H27NO3Si/c1-4-18-12-14-19(15-13-18)21(23)22-16-17-26(24-5-2,25-6-3)20-10-8-7-9-11-20/h4,7-15H,1,5-6,16-17H2,2-3H3,(H,22,23). The summed E-state index contributed by atoms with van der Waals surface area (Å²) in [5, 5.41) is 4.08. The van der Waals surface area contributed by atoms with E-state index in [1.165, 1.54) is 0 Å². The molecule has 0 unspecified atom stereocenters. The molecule has 0 spiro atoms. The number of carbonyl (C=O) groups is 1. The highest BCUT2D eigenvalue weighted by molar-refractivity contribution is 6.81. The van der Waals surface area contributed by atoms with Crippen LogP contribution < -0.4 is 10.5 Å². The number of hydrogen-bond donors (Lipinski definition) is 1. The molecular weight excluding hydrogens is 342 g/mol. The van der Waals surface area contributed by atoms with Gasteiger partial charge in [0.25, 0.3) is 5.91 Å². The Morgan fingerprint density at radius 2 is 1.65 bits per heavy atom. The van der Waals surface area contributed by atoms with Crippen LogP contribution in [-0.4, -0.2) is 34.2 Å². The zero-order valence-corrected chi connectivity index (χ0v) is 16.5. The van der Waals surface area contributed by atoms with Crippen LogP contribution in [0.15, 0.2) is 61.2 Å². The molecule has 138 valence electrons. The fourth-order valence-electron chi connectivity index (χ4n) is 2.87. The predicted octanol–water partition coefficient (Wildman–Crippen LogP) is 3.48. The van der Waals surface area contributed by atoms with E-state index in [4.69, 9.17) is 8.85 Å². The Labute approximate surface area is 157 Å². The Morgan fingerprint density at radius 3 is 2.19 bits per heavy atom. The molecule has 1 amide bonds. The van der Waals surface area contributed by atoms with Crippen molar-refractivity contribution < 1.29 is 13.6 Å². The van der Waals surface area contributed by atoms with Crippen molar-refractivity contribution in [2.45, 2.75) is 19.9 Å². The van der Waals surface area contributed by atoms with Crippen molar-refractivity contribution in [3.05, 3.63) is 72.3 Å². The van der Waals surface area contributed by atoms with Crippen LogP contribution in [0.1, 0.15) is 29.8 Å². The lowest BCUT2D eigenvalue weighted by atomic mass is 10.1. The minimum Gasteiger partial charge on any atom is -0.391 e. The number of benzene rings is 2. The van der Waals surface area contributed by atoms with Gasteiger partial charge in [-0.05, 0) is 36.7 Å². The zero-order chi connectivity index (χ0) is 18.8. The molecule has 2 aromatic rings. The first kappa shape index (κ1) is 20.1. The lowest BCUT2D eigenvalue weighted by molar-refractivity contribution is 0.0954. The van der Waals surface area contributed by atoms with Crippen molar-refractivity contribution >= 4 is 25.7 Å². The molecule has 0 saturated carbocycles. The van der Waals surface area contributed by atoms with Crippen molar-refractivity contribution in [1.29, 1.82) is 0 Å². The molecule has 0 radical (unpaired) electrons. The molecule has 0 saturated heterocycles. The second-order valence-electron chi connectivity index (χ2n) is 5.82. The van der Waals surface area contributed by atoms with Crippen LogP contribution in [0.3, 0.4) is 0 Å². The molecule has 0 heterocycles.